The van der Waals surface area contributed by atoms with Crippen molar-refractivity contribution in [2.24, 2.45) is 0 Å². The van der Waals surface area contributed by atoms with E-state index >= 15 is 0 Å². The summed E-state index contributed by atoms with van der Waals surface area (Å²) in [6, 6.07) is 0.167. The molecule has 0 saturated carbocycles. The van der Waals surface area contributed by atoms with Gasteiger partial charge in [0.05, 0.1) is 6.04 Å². The van der Waals surface area contributed by atoms with E-state index in [1.807, 2.05) is 20.8 Å². The van der Waals surface area contributed by atoms with Crippen molar-refractivity contribution in [2.75, 3.05) is 18.8 Å². The molecule has 22 heavy (non-hydrogen) atoms. The molecule has 1 saturated heterocycles. The molecule has 0 aliphatic carbocycles. The van der Waals surface area contributed by atoms with Crippen LogP contribution in [-0.2, 0) is 9.53 Å². The number of hydrogen-bond donors (Lipinski definition) is 3. The van der Waals surface area contributed by atoms with E-state index in [9.17, 15) is 9.59 Å². The molecule has 3 heterocycles. The van der Waals surface area contributed by atoms with E-state index in [0.29, 0.717) is 23.5 Å². The molecule has 0 bridgehead atoms. The Morgan fingerprint density at radius 3 is 2.55 bits per heavy atom. The minimum atomic E-state index is -0.318. The summed E-state index contributed by atoms with van der Waals surface area (Å²) in [6.07, 6.45) is 1.37. The number of fused-ring (bicyclic) bond motifs is 1. The number of rotatable bonds is 2. The van der Waals surface area contributed by atoms with Crippen LogP contribution >= 0.6 is 0 Å². The monoisotopic (exact) mass is 308 g/mol. The predicted molar refractivity (Wildman–Crippen MR) is 81.4 cm³/mol. The molecule has 2 aromatic rings. The zero-order valence-corrected chi connectivity index (χ0v) is 12.8. The highest BCUT2D eigenvalue weighted by atomic mass is 16.5. The Balaban J connectivity index is 0.000000217. The predicted octanol–water partition coefficient (Wildman–Crippen LogP) is -0.196. The van der Waals surface area contributed by atoms with Crippen LogP contribution in [0.4, 0.5) is 5.82 Å². The van der Waals surface area contributed by atoms with Crippen LogP contribution in [0.2, 0.25) is 0 Å². The molecule has 2 aromatic heterocycles. The molecule has 0 aromatic carbocycles. The number of nitrogens with one attached hydrogen (secondary N) is 2. The average molecular weight is 308 g/mol. The summed E-state index contributed by atoms with van der Waals surface area (Å²) in [4.78, 5) is 31.9. The fourth-order valence-electron chi connectivity index (χ4n) is 1.89. The number of nitrogen functional groups attached to an aromatic ring is 1. The Labute approximate surface area is 126 Å². The van der Waals surface area contributed by atoms with Gasteiger partial charge in [-0.3, -0.25) is 9.36 Å². The molecule has 0 spiro atoms. The Hall–Kier alpha value is -2.42. The summed E-state index contributed by atoms with van der Waals surface area (Å²) < 4.78 is 6.18. The van der Waals surface area contributed by atoms with E-state index in [1.165, 1.54) is 6.33 Å². The maximum Gasteiger partial charge on any atom is 0.328 e. The number of imidazole rings is 1. The zero-order chi connectivity index (χ0) is 16.3. The molecular weight excluding hydrogens is 288 g/mol. The van der Waals surface area contributed by atoms with Crippen LogP contribution in [0.25, 0.3) is 11.2 Å². The first-order valence-corrected chi connectivity index (χ1v) is 6.86. The van der Waals surface area contributed by atoms with E-state index in [4.69, 9.17) is 5.73 Å². The van der Waals surface area contributed by atoms with Crippen molar-refractivity contribution in [3.8, 4) is 0 Å². The van der Waals surface area contributed by atoms with Gasteiger partial charge in [-0.2, -0.15) is 0 Å². The van der Waals surface area contributed by atoms with Crippen LogP contribution in [0, 0.1) is 0 Å². The molecule has 3 rings (SSSR count). The molecule has 0 radical (unpaired) electrons. The first-order valence-electron chi connectivity index (χ1n) is 6.86. The Morgan fingerprint density at radius 2 is 2.09 bits per heavy atom. The summed E-state index contributed by atoms with van der Waals surface area (Å²) in [5.74, 6) is 0.308. The summed E-state index contributed by atoms with van der Waals surface area (Å²) in [5.41, 5.74) is 6.26. The van der Waals surface area contributed by atoms with Gasteiger partial charge in [-0.05, 0) is 20.8 Å². The van der Waals surface area contributed by atoms with Crippen molar-refractivity contribution in [1.29, 1.82) is 0 Å². The molecule has 0 unspecified atom stereocenters. The molecular formula is C13H20N6O3. The van der Waals surface area contributed by atoms with Gasteiger partial charge in [-0.1, -0.05) is 0 Å². The van der Waals surface area contributed by atoms with Crippen LogP contribution in [0.3, 0.4) is 0 Å². The van der Waals surface area contributed by atoms with Gasteiger partial charge in [0.2, 0.25) is 0 Å². The topological polar surface area (TPSA) is 128 Å². The average Bonchev–Trinajstić information content (AvgIpc) is 2.66. The second-order valence-corrected chi connectivity index (χ2v) is 5.90. The van der Waals surface area contributed by atoms with Crippen LogP contribution in [0.1, 0.15) is 26.8 Å². The van der Waals surface area contributed by atoms with Gasteiger partial charge in [0.1, 0.15) is 17.4 Å². The van der Waals surface area contributed by atoms with Crippen LogP contribution in [-0.4, -0.2) is 44.7 Å². The smallest absolute Gasteiger partial charge is 0.328 e. The molecule has 0 atom stereocenters. The van der Waals surface area contributed by atoms with Crippen molar-refractivity contribution in [3.63, 3.8) is 0 Å². The molecule has 1 fully saturated rings. The van der Waals surface area contributed by atoms with E-state index < -0.39 is 0 Å². The van der Waals surface area contributed by atoms with Crippen LogP contribution in [0.5, 0.6) is 0 Å². The number of nitrogens with two attached hydrogens (primary N) is 1. The lowest BCUT2D eigenvalue weighted by Gasteiger charge is -2.27. The van der Waals surface area contributed by atoms with E-state index in [-0.39, 0.29) is 17.3 Å². The van der Waals surface area contributed by atoms with Crippen LogP contribution < -0.4 is 16.7 Å². The third-order valence-corrected chi connectivity index (χ3v) is 3.06. The van der Waals surface area contributed by atoms with Gasteiger partial charge in [0, 0.05) is 13.1 Å². The first kappa shape index (κ1) is 16.0. The maximum absolute atomic E-state index is 11.7. The highest BCUT2D eigenvalue weighted by molar-refractivity contribution is 5.81. The molecule has 1 aliphatic heterocycles. The molecule has 9 heteroatoms. The van der Waals surface area contributed by atoms with Crippen LogP contribution in [0.15, 0.2) is 11.1 Å². The lowest BCUT2D eigenvalue weighted by Crippen LogP contribution is -2.46. The maximum atomic E-state index is 11.7. The van der Waals surface area contributed by atoms with E-state index in [0.717, 1.165) is 13.1 Å². The number of H-pyrrole nitrogens is 1. The number of carbonyl (C=O) groups is 1. The quantitative estimate of drug-likeness (QED) is 0.656. The Morgan fingerprint density at radius 1 is 1.41 bits per heavy atom. The number of aromatic nitrogens is 4. The van der Waals surface area contributed by atoms with Crippen molar-refractivity contribution < 1.29 is 9.53 Å². The summed E-state index contributed by atoms with van der Waals surface area (Å²) in [6.45, 7) is 7.50. The number of anilines is 1. The second-order valence-electron chi connectivity index (χ2n) is 5.90. The summed E-state index contributed by atoms with van der Waals surface area (Å²) >= 11 is 0. The highest BCUT2D eigenvalue weighted by Crippen LogP contribution is 2.17. The molecule has 0 amide bonds. The van der Waals surface area contributed by atoms with Crippen molar-refractivity contribution in [2.45, 2.75) is 32.4 Å². The fraction of sp³-hybridized carbons (Fsp3) is 0.538. The lowest BCUT2D eigenvalue weighted by molar-refractivity contribution is -0.138. The van der Waals surface area contributed by atoms with E-state index in [2.05, 4.69) is 25.0 Å². The number of ether oxygens (including phenoxy) is 1. The minimum absolute atomic E-state index is 0.167. The van der Waals surface area contributed by atoms with Gasteiger partial charge < -0.3 is 20.8 Å². The lowest BCUT2D eigenvalue weighted by atomic mass is 10.2. The van der Waals surface area contributed by atoms with Crippen molar-refractivity contribution in [3.05, 3.63) is 16.8 Å². The third-order valence-electron chi connectivity index (χ3n) is 3.06. The minimum Gasteiger partial charge on any atom is -0.462 e. The fourth-order valence-corrected chi connectivity index (χ4v) is 1.89. The van der Waals surface area contributed by atoms with Crippen molar-refractivity contribution >= 4 is 23.5 Å². The molecule has 120 valence electrons. The Bertz CT molecular complexity index is 711. The van der Waals surface area contributed by atoms with Gasteiger partial charge in [-0.25, -0.2) is 14.8 Å². The highest BCUT2D eigenvalue weighted by Gasteiger charge is 2.24. The van der Waals surface area contributed by atoms with Gasteiger partial charge in [0.25, 0.3) is 6.47 Å². The van der Waals surface area contributed by atoms with Gasteiger partial charge in [0.15, 0.2) is 11.5 Å². The Kier molecular flexibility index (Phi) is 4.45. The van der Waals surface area contributed by atoms with Crippen molar-refractivity contribution in [1.82, 2.24) is 24.8 Å². The third kappa shape index (κ3) is 3.42. The molecule has 9 nitrogen and oxygen atoms in total. The zero-order valence-electron chi connectivity index (χ0n) is 12.8. The number of aromatic amines is 1. The molecule has 4 N–H and O–H groups in total. The second kappa shape index (κ2) is 6.14. The SMILES string of the molecule is CC(C)(C)OC=O.Nc1ncnc2c1[nH]c(=O)n2C1CNC1. The normalized spacial score (nSPS) is 14.9. The van der Waals surface area contributed by atoms with Gasteiger partial charge in [-0.15, -0.1) is 0 Å². The molecule has 1 aliphatic rings. The summed E-state index contributed by atoms with van der Waals surface area (Å²) in [5, 5.41) is 3.11. The number of carbonyl (C=O) groups excluding carboxylic acids is 1. The van der Waals surface area contributed by atoms with E-state index in [1.54, 1.807) is 4.57 Å². The summed E-state index contributed by atoms with van der Waals surface area (Å²) in [7, 11) is 0. The largest absolute Gasteiger partial charge is 0.462 e. The van der Waals surface area contributed by atoms with Gasteiger partial charge >= 0.3 is 5.69 Å². The number of nitrogens with zero attached hydrogens (tertiary/aromatic N) is 3. The number of hydrogen-bond acceptors (Lipinski definition) is 7. The first-order chi connectivity index (χ1) is 10.3. The standard InChI is InChI=1S/C8H10N6O.C5H10O2/c9-6-5-7(12-3-11-6)14(8(15)13-5)4-1-10-2-4;1-5(2,3)7-4-6/h3-4,10H,1-2H2,(H,13,15)(H2,9,11,12);4H,1-3H3.